The van der Waals surface area contributed by atoms with Gasteiger partial charge in [0, 0.05) is 42.8 Å². The molecule has 0 aliphatic carbocycles. The van der Waals surface area contributed by atoms with Gasteiger partial charge in [-0.2, -0.15) is 4.31 Å². The fraction of sp³-hybridized carbons (Fsp3) is 0.348. The fourth-order valence-electron chi connectivity index (χ4n) is 4.16. The van der Waals surface area contributed by atoms with Gasteiger partial charge in [0.1, 0.15) is 9.77 Å². The Hall–Kier alpha value is -2.66. The Morgan fingerprint density at radius 3 is 2.61 bits per heavy atom. The Bertz CT molecular complexity index is 1300. The molecule has 0 bridgehead atoms. The highest BCUT2D eigenvalue weighted by atomic mass is 32.2. The van der Waals surface area contributed by atoms with E-state index in [0.29, 0.717) is 38.1 Å². The molecule has 2 aliphatic rings. The van der Waals surface area contributed by atoms with Crippen LogP contribution in [-0.4, -0.2) is 63.2 Å². The maximum Gasteiger partial charge on any atom is 0.349 e. The molecule has 174 valence electrons. The molecule has 0 unspecified atom stereocenters. The molecule has 2 aromatic carbocycles. The molecule has 0 radical (unpaired) electrons. The summed E-state index contributed by atoms with van der Waals surface area (Å²) in [5, 5.41) is 0.563. The van der Waals surface area contributed by atoms with Gasteiger partial charge in [-0.25, -0.2) is 13.2 Å². The van der Waals surface area contributed by atoms with Gasteiger partial charge < -0.3 is 14.2 Å². The van der Waals surface area contributed by atoms with Crippen molar-refractivity contribution in [2.45, 2.75) is 18.4 Å². The quantitative estimate of drug-likeness (QED) is 0.492. The lowest BCUT2D eigenvalue weighted by atomic mass is 10.2. The number of ether oxygens (including phenoxy) is 3. The van der Waals surface area contributed by atoms with E-state index < -0.39 is 16.0 Å². The molecule has 0 amide bonds. The SMILES string of the molecule is CCOC(=O)c1sc2ccccc2c1S(=O)(=O)N1CCN(Cc2ccc3c(c2)OCO3)CC1. The lowest BCUT2D eigenvalue weighted by Crippen LogP contribution is -2.48. The van der Waals surface area contributed by atoms with Crippen LogP contribution in [-0.2, 0) is 21.3 Å². The maximum atomic E-state index is 13.7. The molecule has 1 saturated heterocycles. The summed E-state index contributed by atoms with van der Waals surface area (Å²) in [4.78, 5) is 15.0. The van der Waals surface area contributed by atoms with E-state index in [4.69, 9.17) is 14.2 Å². The van der Waals surface area contributed by atoms with Crippen LogP contribution in [0.2, 0.25) is 0 Å². The van der Waals surface area contributed by atoms with Crippen LogP contribution in [0.4, 0.5) is 0 Å². The molecule has 33 heavy (non-hydrogen) atoms. The maximum absolute atomic E-state index is 13.7. The van der Waals surface area contributed by atoms with Crippen LogP contribution >= 0.6 is 11.3 Å². The highest BCUT2D eigenvalue weighted by Gasteiger charge is 2.35. The van der Waals surface area contributed by atoms with Gasteiger partial charge in [-0.05, 0) is 30.7 Å². The largest absolute Gasteiger partial charge is 0.462 e. The van der Waals surface area contributed by atoms with Gasteiger partial charge >= 0.3 is 5.97 Å². The Labute approximate surface area is 196 Å². The molecule has 0 saturated carbocycles. The monoisotopic (exact) mass is 488 g/mol. The highest BCUT2D eigenvalue weighted by Crippen LogP contribution is 2.37. The lowest BCUT2D eigenvalue weighted by molar-refractivity contribution is 0.0528. The molecular formula is C23H24N2O6S2. The summed E-state index contributed by atoms with van der Waals surface area (Å²) in [7, 11) is -3.86. The van der Waals surface area contributed by atoms with Crippen molar-refractivity contribution in [2.24, 2.45) is 0 Å². The number of benzene rings is 2. The van der Waals surface area contributed by atoms with Crippen molar-refractivity contribution >= 4 is 37.4 Å². The molecule has 0 spiro atoms. The number of carbonyl (C=O) groups excluding carboxylic acids is 1. The van der Waals surface area contributed by atoms with Gasteiger partial charge in [0.15, 0.2) is 11.5 Å². The summed E-state index contributed by atoms with van der Waals surface area (Å²) in [5.41, 5.74) is 1.09. The van der Waals surface area contributed by atoms with Crippen molar-refractivity contribution in [3.63, 3.8) is 0 Å². The van der Waals surface area contributed by atoms with Crippen LogP contribution in [0.3, 0.4) is 0 Å². The van der Waals surface area contributed by atoms with E-state index >= 15 is 0 Å². The van der Waals surface area contributed by atoms with E-state index in [1.165, 1.54) is 4.31 Å². The smallest absolute Gasteiger partial charge is 0.349 e. The first-order valence-electron chi connectivity index (χ1n) is 10.8. The first kappa shape index (κ1) is 22.1. The van der Waals surface area contributed by atoms with Crippen LogP contribution in [0.1, 0.15) is 22.2 Å². The van der Waals surface area contributed by atoms with Crippen molar-refractivity contribution in [1.82, 2.24) is 9.21 Å². The molecule has 1 aromatic heterocycles. The number of carbonyl (C=O) groups is 1. The highest BCUT2D eigenvalue weighted by molar-refractivity contribution is 7.89. The van der Waals surface area contributed by atoms with Gasteiger partial charge in [0.2, 0.25) is 16.8 Å². The zero-order valence-corrected chi connectivity index (χ0v) is 19.8. The average Bonchev–Trinajstić information content (AvgIpc) is 3.44. The van der Waals surface area contributed by atoms with Crippen LogP contribution in [0.15, 0.2) is 47.4 Å². The third-order valence-corrected chi connectivity index (χ3v) is 9.05. The molecule has 8 nitrogen and oxygen atoms in total. The van der Waals surface area contributed by atoms with Crippen molar-refractivity contribution < 1.29 is 27.4 Å². The van der Waals surface area contributed by atoms with Gasteiger partial charge in [0.05, 0.1) is 6.61 Å². The molecule has 5 rings (SSSR count). The Morgan fingerprint density at radius 2 is 1.82 bits per heavy atom. The molecule has 0 N–H and O–H groups in total. The fourth-order valence-corrected chi connectivity index (χ4v) is 7.34. The van der Waals surface area contributed by atoms with Gasteiger partial charge in [-0.1, -0.05) is 24.3 Å². The number of fused-ring (bicyclic) bond motifs is 2. The van der Waals surface area contributed by atoms with Crippen LogP contribution in [0.25, 0.3) is 10.1 Å². The summed E-state index contributed by atoms with van der Waals surface area (Å²) in [6.45, 7) is 4.69. The van der Waals surface area contributed by atoms with Crippen molar-refractivity contribution in [3.8, 4) is 11.5 Å². The standard InChI is InChI=1S/C23H24N2O6S2/c1-2-29-23(26)21-22(17-5-3-4-6-20(17)32-21)33(27,28)25-11-9-24(10-12-25)14-16-7-8-18-19(13-16)31-15-30-18/h3-8,13H,2,9-12,14-15H2,1H3. The minimum absolute atomic E-state index is 0.0609. The molecule has 0 atom stereocenters. The molecule has 10 heteroatoms. The third-order valence-electron chi connectivity index (χ3n) is 5.78. The second-order valence-corrected chi connectivity index (χ2v) is 10.8. The third kappa shape index (κ3) is 4.19. The second kappa shape index (κ2) is 8.94. The summed E-state index contributed by atoms with van der Waals surface area (Å²) in [6, 6.07) is 13.1. The minimum atomic E-state index is -3.86. The molecule has 3 aromatic rings. The van der Waals surface area contributed by atoms with Crippen molar-refractivity contribution in [1.29, 1.82) is 0 Å². The van der Waals surface area contributed by atoms with Gasteiger partial charge in [-0.15, -0.1) is 11.3 Å². The second-order valence-electron chi connectivity index (χ2n) is 7.84. The molecule has 1 fully saturated rings. The number of nitrogens with zero attached hydrogens (tertiary/aromatic N) is 2. The lowest BCUT2D eigenvalue weighted by Gasteiger charge is -2.34. The van der Waals surface area contributed by atoms with Crippen molar-refractivity contribution in [2.75, 3.05) is 39.6 Å². The van der Waals surface area contributed by atoms with Crippen molar-refractivity contribution in [3.05, 3.63) is 52.9 Å². The number of sulfonamides is 1. The Balaban J connectivity index is 1.35. The topological polar surface area (TPSA) is 85.4 Å². The summed E-state index contributed by atoms with van der Waals surface area (Å²) < 4.78 is 45.5. The molecule has 2 aliphatic heterocycles. The Morgan fingerprint density at radius 1 is 1.06 bits per heavy atom. The van der Waals surface area contributed by atoms with E-state index in [1.54, 1.807) is 19.1 Å². The van der Waals surface area contributed by atoms with Gasteiger partial charge in [0.25, 0.3) is 0 Å². The zero-order valence-electron chi connectivity index (χ0n) is 18.2. The molecule has 3 heterocycles. The first-order chi connectivity index (χ1) is 16.0. The predicted octanol–water partition coefficient (Wildman–Crippen LogP) is 3.31. The normalized spacial score (nSPS) is 16.9. The summed E-state index contributed by atoms with van der Waals surface area (Å²) in [6.07, 6.45) is 0. The predicted molar refractivity (Wildman–Crippen MR) is 124 cm³/mol. The van der Waals surface area contributed by atoms with E-state index in [1.807, 2.05) is 30.3 Å². The van der Waals surface area contributed by atoms with E-state index in [0.717, 1.165) is 33.1 Å². The number of rotatable bonds is 6. The Kier molecular flexibility index (Phi) is 6.00. The van der Waals surface area contributed by atoms with E-state index in [9.17, 15) is 13.2 Å². The average molecular weight is 489 g/mol. The van der Waals surface area contributed by atoms with Crippen LogP contribution < -0.4 is 9.47 Å². The number of esters is 1. The number of thiophene rings is 1. The van der Waals surface area contributed by atoms with Crippen LogP contribution in [0, 0.1) is 0 Å². The van der Waals surface area contributed by atoms with E-state index in [2.05, 4.69) is 4.90 Å². The zero-order chi connectivity index (χ0) is 23.0. The van der Waals surface area contributed by atoms with Gasteiger partial charge in [-0.3, -0.25) is 4.90 Å². The van der Waals surface area contributed by atoms with Crippen LogP contribution in [0.5, 0.6) is 11.5 Å². The first-order valence-corrected chi connectivity index (χ1v) is 13.0. The minimum Gasteiger partial charge on any atom is -0.462 e. The number of piperazine rings is 1. The van der Waals surface area contributed by atoms with E-state index in [-0.39, 0.29) is 23.2 Å². The summed E-state index contributed by atoms with van der Waals surface area (Å²) in [5.74, 6) is 0.887. The molecular weight excluding hydrogens is 464 g/mol. The summed E-state index contributed by atoms with van der Waals surface area (Å²) >= 11 is 1.16. The number of hydrogen-bond donors (Lipinski definition) is 0. The number of hydrogen-bond acceptors (Lipinski definition) is 8.